The SMILES string of the molecule is Cc1cc(OCCCC2CCN(c3ncc(Cl)cn3)CC2)cc(C)c1CNC1CNC1. The summed E-state index contributed by atoms with van der Waals surface area (Å²) in [4.78, 5) is 10.9. The molecule has 3 heterocycles. The number of ether oxygens (including phenoxy) is 1. The molecule has 2 fully saturated rings. The third-order valence-electron chi connectivity index (χ3n) is 6.55. The molecule has 0 radical (unpaired) electrons. The molecule has 4 rings (SSSR count). The van der Waals surface area contributed by atoms with E-state index in [1.54, 1.807) is 12.4 Å². The quantitative estimate of drug-likeness (QED) is 0.573. The van der Waals surface area contributed by atoms with E-state index in [4.69, 9.17) is 16.3 Å². The predicted octanol–water partition coefficient (Wildman–Crippen LogP) is 3.88. The lowest BCUT2D eigenvalue weighted by Gasteiger charge is -2.32. The van der Waals surface area contributed by atoms with E-state index in [1.807, 2.05) is 0 Å². The van der Waals surface area contributed by atoms with Crippen molar-refractivity contribution in [3.63, 3.8) is 0 Å². The average molecular weight is 444 g/mol. The molecule has 2 aliphatic rings. The van der Waals surface area contributed by atoms with Gasteiger partial charge in [-0.05, 0) is 74.3 Å². The highest BCUT2D eigenvalue weighted by molar-refractivity contribution is 6.30. The molecule has 0 unspecified atom stereocenters. The molecule has 0 atom stereocenters. The maximum atomic E-state index is 6.10. The molecule has 0 aliphatic carbocycles. The normalized spacial score (nSPS) is 17.6. The summed E-state index contributed by atoms with van der Waals surface area (Å²) in [7, 11) is 0. The van der Waals surface area contributed by atoms with Crippen LogP contribution in [-0.4, -0.2) is 48.8 Å². The highest BCUT2D eigenvalue weighted by Gasteiger charge is 2.21. The van der Waals surface area contributed by atoms with Gasteiger partial charge in [-0.15, -0.1) is 0 Å². The van der Waals surface area contributed by atoms with Crippen LogP contribution in [0.3, 0.4) is 0 Å². The summed E-state index contributed by atoms with van der Waals surface area (Å²) in [5.41, 5.74) is 4.02. The molecule has 0 amide bonds. The van der Waals surface area contributed by atoms with Crippen LogP contribution in [0, 0.1) is 19.8 Å². The molecule has 2 aromatic rings. The molecule has 1 aromatic heterocycles. The third-order valence-corrected chi connectivity index (χ3v) is 6.74. The number of aromatic nitrogens is 2. The zero-order valence-corrected chi connectivity index (χ0v) is 19.4. The van der Waals surface area contributed by atoms with Gasteiger partial charge in [-0.3, -0.25) is 0 Å². The van der Waals surface area contributed by atoms with Crippen molar-refractivity contribution in [1.29, 1.82) is 0 Å². The first-order chi connectivity index (χ1) is 15.1. The van der Waals surface area contributed by atoms with E-state index >= 15 is 0 Å². The molecular weight excluding hydrogens is 410 g/mol. The highest BCUT2D eigenvalue weighted by Crippen LogP contribution is 2.26. The number of anilines is 1. The number of aryl methyl sites for hydroxylation is 2. The van der Waals surface area contributed by atoms with Gasteiger partial charge in [-0.1, -0.05) is 11.6 Å². The van der Waals surface area contributed by atoms with Crippen molar-refractivity contribution < 1.29 is 4.74 Å². The van der Waals surface area contributed by atoms with Crippen LogP contribution in [0.2, 0.25) is 5.02 Å². The van der Waals surface area contributed by atoms with Gasteiger partial charge >= 0.3 is 0 Å². The van der Waals surface area contributed by atoms with Crippen LogP contribution in [0.15, 0.2) is 24.5 Å². The van der Waals surface area contributed by atoms with Gasteiger partial charge in [0.25, 0.3) is 0 Å². The Bertz CT molecular complexity index is 825. The summed E-state index contributed by atoms with van der Waals surface area (Å²) in [5, 5.41) is 7.51. The Hall–Kier alpha value is -1.89. The highest BCUT2D eigenvalue weighted by atomic mass is 35.5. The second kappa shape index (κ2) is 10.6. The largest absolute Gasteiger partial charge is 0.494 e. The predicted molar refractivity (Wildman–Crippen MR) is 126 cm³/mol. The first kappa shape index (κ1) is 22.3. The number of benzene rings is 1. The van der Waals surface area contributed by atoms with E-state index in [0.717, 1.165) is 63.4 Å². The summed E-state index contributed by atoms with van der Waals surface area (Å²) in [5.74, 6) is 2.55. The smallest absolute Gasteiger partial charge is 0.225 e. The lowest BCUT2D eigenvalue weighted by atomic mass is 9.92. The van der Waals surface area contributed by atoms with Gasteiger partial charge in [0.15, 0.2) is 0 Å². The van der Waals surface area contributed by atoms with Crippen molar-refractivity contribution >= 4 is 17.5 Å². The van der Waals surface area contributed by atoms with Crippen molar-refractivity contribution in [2.45, 2.75) is 52.1 Å². The van der Waals surface area contributed by atoms with Crippen molar-refractivity contribution in [2.24, 2.45) is 5.92 Å². The number of piperidine rings is 1. The number of nitrogens with zero attached hydrogens (tertiary/aromatic N) is 3. The van der Waals surface area contributed by atoms with Gasteiger partial charge in [0.2, 0.25) is 5.95 Å². The van der Waals surface area contributed by atoms with Gasteiger partial charge in [-0.25, -0.2) is 9.97 Å². The van der Waals surface area contributed by atoms with Gasteiger partial charge < -0.3 is 20.3 Å². The van der Waals surface area contributed by atoms with E-state index in [2.05, 4.69) is 51.5 Å². The fourth-order valence-corrected chi connectivity index (χ4v) is 4.55. The molecule has 6 nitrogen and oxygen atoms in total. The van der Waals surface area contributed by atoms with E-state index in [1.165, 1.54) is 36.0 Å². The zero-order valence-electron chi connectivity index (χ0n) is 18.7. The van der Waals surface area contributed by atoms with Crippen LogP contribution in [0.4, 0.5) is 5.95 Å². The number of nitrogens with one attached hydrogen (secondary N) is 2. The van der Waals surface area contributed by atoms with Crippen LogP contribution in [0.5, 0.6) is 5.75 Å². The molecule has 0 bridgehead atoms. The molecule has 2 aliphatic heterocycles. The summed E-state index contributed by atoms with van der Waals surface area (Å²) in [6.07, 6.45) is 8.02. The second-order valence-corrected chi connectivity index (χ2v) is 9.33. The van der Waals surface area contributed by atoms with Crippen LogP contribution in [-0.2, 0) is 6.54 Å². The molecule has 31 heavy (non-hydrogen) atoms. The van der Waals surface area contributed by atoms with E-state index < -0.39 is 0 Å². The molecule has 0 spiro atoms. The van der Waals surface area contributed by atoms with Crippen LogP contribution < -0.4 is 20.3 Å². The zero-order chi connectivity index (χ0) is 21.6. The Morgan fingerprint density at radius 3 is 2.42 bits per heavy atom. The summed E-state index contributed by atoms with van der Waals surface area (Å²) < 4.78 is 6.10. The lowest BCUT2D eigenvalue weighted by Crippen LogP contribution is -2.55. The minimum atomic E-state index is 0.585. The monoisotopic (exact) mass is 443 g/mol. The van der Waals surface area contributed by atoms with Crippen molar-refractivity contribution in [3.05, 3.63) is 46.2 Å². The van der Waals surface area contributed by atoms with Crippen molar-refractivity contribution in [1.82, 2.24) is 20.6 Å². The van der Waals surface area contributed by atoms with Crippen LogP contribution in [0.25, 0.3) is 0 Å². The Labute approximate surface area is 190 Å². The molecular formula is C24H34ClN5O. The van der Waals surface area contributed by atoms with Gasteiger partial charge in [0.05, 0.1) is 24.0 Å². The molecule has 2 N–H and O–H groups in total. The van der Waals surface area contributed by atoms with Crippen LogP contribution >= 0.6 is 11.6 Å². The topological polar surface area (TPSA) is 62.3 Å². The Kier molecular flexibility index (Phi) is 7.64. The number of halogens is 1. The summed E-state index contributed by atoms with van der Waals surface area (Å²) >= 11 is 5.89. The number of rotatable bonds is 9. The number of hydrogen-bond acceptors (Lipinski definition) is 6. The maximum Gasteiger partial charge on any atom is 0.225 e. The van der Waals surface area contributed by atoms with Crippen molar-refractivity contribution in [2.75, 3.05) is 37.7 Å². The summed E-state index contributed by atoms with van der Waals surface area (Å²) in [6, 6.07) is 4.99. The average Bonchev–Trinajstić information content (AvgIpc) is 2.73. The first-order valence-electron chi connectivity index (χ1n) is 11.5. The Morgan fingerprint density at radius 1 is 1.13 bits per heavy atom. The van der Waals surface area contributed by atoms with E-state index in [0.29, 0.717) is 11.1 Å². The van der Waals surface area contributed by atoms with E-state index in [-0.39, 0.29) is 0 Å². The van der Waals surface area contributed by atoms with Gasteiger partial charge in [-0.2, -0.15) is 0 Å². The number of hydrogen-bond donors (Lipinski definition) is 2. The minimum absolute atomic E-state index is 0.585. The Balaban J connectivity index is 1.16. The Morgan fingerprint density at radius 2 is 1.81 bits per heavy atom. The van der Waals surface area contributed by atoms with Gasteiger partial charge in [0, 0.05) is 38.8 Å². The summed E-state index contributed by atoms with van der Waals surface area (Å²) in [6.45, 7) is 10.3. The molecule has 2 saturated heterocycles. The second-order valence-electron chi connectivity index (χ2n) is 8.89. The minimum Gasteiger partial charge on any atom is -0.494 e. The fraction of sp³-hybridized carbons (Fsp3) is 0.583. The third kappa shape index (κ3) is 6.09. The molecule has 0 saturated carbocycles. The van der Waals surface area contributed by atoms with Crippen molar-refractivity contribution in [3.8, 4) is 5.75 Å². The van der Waals surface area contributed by atoms with Gasteiger partial charge in [0.1, 0.15) is 5.75 Å². The standard InChI is InChI=1S/C24H34ClN5O/c1-17-10-22(11-18(2)23(17)16-27-21-14-26-15-21)31-9-3-4-19-5-7-30(8-6-19)24-28-12-20(25)13-29-24/h10-13,19,21,26-27H,3-9,14-16H2,1-2H3. The maximum absolute atomic E-state index is 6.10. The lowest BCUT2D eigenvalue weighted by molar-refractivity contribution is 0.278. The molecule has 1 aromatic carbocycles. The fourth-order valence-electron chi connectivity index (χ4n) is 4.45. The first-order valence-corrected chi connectivity index (χ1v) is 11.9. The van der Waals surface area contributed by atoms with Crippen LogP contribution in [0.1, 0.15) is 42.4 Å². The molecule has 168 valence electrons. The van der Waals surface area contributed by atoms with E-state index in [9.17, 15) is 0 Å². The molecule has 7 heteroatoms.